The van der Waals surface area contributed by atoms with Gasteiger partial charge in [-0.15, -0.1) is 0 Å². The summed E-state index contributed by atoms with van der Waals surface area (Å²) in [5.41, 5.74) is 3.03. The lowest BCUT2D eigenvalue weighted by Gasteiger charge is -2.27. The normalized spacial score (nSPS) is 13.2. The van der Waals surface area contributed by atoms with Gasteiger partial charge in [-0.05, 0) is 28.5 Å². The van der Waals surface area contributed by atoms with Crippen LogP contribution in [-0.4, -0.2) is 10.4 Å². The zero-order chi connectivity index (χ0) is 14.8. The fraction of sp³-hybridized carbons (Fsp3) is 0.529. The highest BCUT2D eigenvalue weighted by atomic mass is 79.9. The van der Waals surface area contributed by atoms with Crippen LogP contribution in [0.4, 0.5) is 0 Å². The lowest BCUT2D eigenvalue weighted by atomic mass is 9.78. The molecule has 0 saturated carbocycles. The molecular weight excluding hydrogens is 300 g/mol. The number of alkyl halides is 1. The van der Waals surface area contributed by atoms with E-state index in [1.54, 1.807) is 0 Å². The molecule has 0 heterocycles. The van der Waals surface area contributed by atoms with Crippen LogP contribution in [0.15, 0.2) is 18.2 Å². The van der Waals surface area contributed by atoms with Crippen molar-refractivity contribution in [3.8, 4) is 5.75 Å². The molecule has 0 radical (unpaired) electrons. The Morgan fingerprint density at radius 2 is 1.42 bits per heavy atom. The van der Waals surface area contributed by atoms with E-state index >= 15 is 0 Å². The molecule has 0 unspecified atom stereocenters. The number of phenolic OH excluding ortho intramolecular Hbond substituents is 1. The predicted octanol–water partition coefficient (Wildman–Crippen LogP) is 5.40. The fourth-order valence-electron chi connectivity index (χ4n) is 2.08. The molecule has 0 aliphatic rings. The van der Waals surface area contributed by atoms with Crippen LogP contribution in [0.5, 0.6) is 5.75 Å². The first-order valence-corrected chi connectivity index (χ1v) is 7.80. The van der Waals surface area contributed by atoms with E-state index in [0.717, 1.165) is 22.0 Å². The molecule has 1 nitrogen and oxygen atoms in total. The van der Waals surface area contributed by atoms with Crippen molar-refractivity contribution in [2.45, 2.75) is 52.4 Å². The van der Waals surface area contributed by atoms with Gasteiger partial charge in [-0.1, -0.05) is 69.6 Å². The first-order valence-electron chi connectivity index (χ1n) is 6.68. The summed E-state index contributed by atoms with van der Waals surface area (Å²) >= 11 is 3.40. The van der Waals surface area contributed by atoms with Crippen molar-refractivity contribution in [2.75, 3.05) is 5.33 Å². The van der Waals surface area contributed by atoms with Crippen LogP contribution in [0.25, 0.3) is 6.08 Å². The smallest absolute Gasteiger partial charge is 0.123 e. The summed E-state index contributed by atoms with van der Waals surface area (Å²) in [6, 6.07) is 4.17. The average molecular weight is 325 g/mol. The molecule has 1 aromatic carbocycles. The van der Waals surface area contributed by atoms with E-state index in [9.17, 15) is 5.11 Å². The molecule has 0 aliphatic carbocycles. The lowest BCUT2D eigenvalue weighted by molar-refractivity contribution is 0.423. The Morgan fingerprint density at radius 3 is 1.74 bits per heavy atom. The number of benzene rings is 1. The van der Waals surface area contributed by atoms with E-state index in [2.05, 4.69) is 81.8 Å². The molecular formula is C17H25BrO. The second-order valence-electron chi connectivity index (χ2n) is 7.02. The molecule has 19 heavy (non-hydrogen) atoms. The summed E-state index contributed by atoms with van der Waals surface area (Å²) in [7, 11) is 0. The zero-order valence-electron chi connectivity index (χ0n) is 12.8. The Balaban J connectivity index is 3.52. The quantitative estimate of drug-likeness (QED) is 0.722. The average Bonchev–Trinajstić information content (AvgIpc) is 2.24. The largest absolute Gasteiger partial charge is 0.507 e. The number of aromatic hydroxyl groups is 1. The van der Waals surface area contributed by atoms with Gasteiger partial charge in [-0.3, -0.25) is 0 Å². The van der Waals surface area contributed by atoms with Crippen LogP contribution < -0.4 is 0 Å². The Bertz CT molecular complexity index is 438. The van der Waals surface area contributed by atoms with Gasteiger partial charge in [0.05, 0.1) is 0 Å². The van der Waals surface area contributed by atoms with E-state index in [1.165, 1.54) is 0 Å². The number of phenols is 1. The summed E-state index contributed by atoms with van der Waals surface area (Å²) in [5, 5.41) is 11.4. The van der Waals surface area contributed by atoms with Crippen molar-refractivity contribution < 1.29 is 5.11 Å². The Hall–Kier alpha value is -0.760. The number of halogens is 1. The number of rotatable bonds is 2. The lowest BCUT2D eigenvalue weighted by Crippen LogP contribution is -2.17. The molecule has 106 valence electrons. The van der Waals surface area contributed by atoms with Gasteiger partial charge in [0, 0.05) is 16.5 Å². The van der Waals surface area contributed by atoms with Crippen molar-refractivity contribution in [3.05, 3.63) is 34.9 Å². The first kappa shape index (κ1) is 16.3. The van der Waals surface area contributed by atoms with Gasteiger partial charge in [-0.25, -0.2) is 0 Å². The Morgan fingerprint density at radius 1 is 1.00 bits per heavy atom. The van der Waals surface area contributed by atoms with E-state index in [4.69, 9.17) is 0 Å². The molecule has 0 fully saturated rings. The minimum atomic E-state index is -0.0671. The molecule has 1 rings (SSSR count). The van der Waals surface area contributed by atoms with Crippen molar-refractivity contribution in [3.63, 3.8) is 0 Å². The predicted molar refractivity (Wildman–Crippen MR) is 88.3 cm³/mol. The minimum absolute atomic E-state index is 0.0671. The summed E-state index contributed by atoms with van der Waals surface area (Å²) in [6.07, 6.45) is 4.17. The van der Waals surface area contributed by atoms with Gasteiger partial charge in [-0.2, -0.15) is 0 Å². The summed E-state index contributed by atoms with van der Waals surface area (Å²) in [4.78, 5) is 0. The van der Waals surface area contributed by atoms with Gasteiger partial charge in [0.2, 0.25) is 0 Å². The Labute approximate surface area is 125 Å². The van der Waals surface area contributed by atoms with Crippen molar-refractivity contribution in [1.82, 2.24) is 0 Å². The maximum atomic E-state index is 10.6. The highest BCUT2D eigenvalue weighted by molar-refractivity contribution is 9.09. The maximum absolute atomic E-state index is 10.6. The number of hydrogen-bond donors (Lipinski definition) is 1. The first-order chi connectivity index (χ1) is 8.57. The van der Waals surface area contributed by atoms with Gasteiger partial charge in [0.1, 0.15) is 5.75 Å². The highest BCUT2D eigenvalue weighted by Gasteiger charge is 2.25. The topological polar surface area (TPSA) is 20.2 Å². The number of hydrogen-bond acceptors (Lipinski definition) is 1. The zero-order valence-corrected chi connectivity index (χ0v) is 14.4. The van der Waals surface area contributed by atoms with Crippen molar-refractivity contribution >= 4 is 22.0 Å². The molecule has 0 atom stereocenters. The SMILES string of the molecule is CC(C)(C)c1cc(C=CCBr)cc(C(C)(C)C)c1O. The number of allylic oxidation sites excluding steroid dienone is 1. The minimum Gasteiger partial charge on any atom is -0.507 e. The second kappa shape index (κ2) is 5.70. The standard InChI is InChI=1S/C17H25BrO/c1-16(2,3)13-10-12(8-7-9-18)11-14(15(13)19)17(4,5)6/h7-8,10-11,19H,9H2,1-6H3. The third kappa shape index (κ3) is 4.10. The van der Waals surface area contributed by atoms with Gasteiger partial charge in [0.25, 0.3) is 0 Å². The van der Waals surface area contributed by atoms with Gasteiger partial charge < -0.3 is 5.11 Å². The van der Waals surface area contributed by atoms with Crippen LogP contribution in [0.2, 0.25) is 0 Å². The third-order valence-corrected chi connectivity index (χ3v) is 3.52. The van der Waals surface area contributed by atoms with E-state index in [-0.39, 0.29) is 10.8 Å². The monoisotopic (exact) mass is 324 g/mol. The molecule has 0 spiro atoms. The molecule has 2 heteroatoms. The van der Waals surface area contributed by atoms with Crippen LogP contribution in [-0.2, 0) is 10.8 Å². The molecule has 0 aliphatic heterocycles. The fourth-order valence-corrected chi connectivity index (χ4v) is 2.26. The summed E-state index contributed by atoms with van der Waals surface area (Å²) in [5.74, 6) is 0.441. The van der Waals surface area contributed by atoms with Gasteiger partial charge in [0.15, 0.2) is 0 Å². The van der Waals surface area contributed by atoms with Crippen molar-refractivity contribution in [1.29, 1.82) is 0 Å². The Kier molecular flexibility index (Phi) is 4.89. The van der Waals surface area contributed by atoms with E-state index in [0.29, 0.717) is 5.75 Å². The molecule has 0 aromatic heterocycles. The highest BCUT2D eigenvalue weighted by Crippen LogP contribution is 2.39. The molecule has 0 bridgehead atoms. The second-order valence-corrected chi connectivity index (χ2v) is 7.67. The van der Waals surface area contributed by atoms with Crippen LogP contribution >= 0.6 is 15.9 Å². The van der Waals surface area contributed by atoms with Crippen LogP contribution in [0.3, 0.4) is 0 Å². The molecule has 1 aromatic rings. The third-order valence-electron chi connectivity index (χ3n) is 3.15. The maximum Gasteiger partial charge on any atom is 0.123 e. The summed E-state index contributed by atoms with van der Waals surface area (Å²) in [6.45, 7) is 12.8. The van der Waals surface area contributed by atoms with E-state index < -0.39 is 0 Å². The van der Waals surface area contributed by atoms with Gasteiger partial charge >= 0.3 is 0 Å². The van der Waals surface area contributed by atoms with E-state index in [1.807, 2.05) is 0 Å². The molecule has 1 N–H and O–H groups in total. The van der Waals surface area contributed by atoms with Crippen LogP contribution in [0.1, 0.15) is 58.2 Å². The molecule has 0 saturated heterocycles. The van der Waals surface area contributed by atoms with Crippen molar-refractivity contribution in [2.24, 2.45) is 0 Å². The molecule has 0 amide bonds. The van der Waals surface area contributed by atoms with Crippen LogP contribution in [0, 0.1) is 0 Å². The summed E-state index contributed by atoms with van der Waals surface area (Å²) < 4.78 is 0.